The topological polar surface area (TPSA) is 43.8 Å². The van der Waals surface area contributed by atoms with Crippen molar-refractivity contribution in [1.82, 2.24) is 9.78 Å². The number of anilines is 1. The predicted octanol–water partition coefficient (Wildman–Crippen LogP) is 3.72. The van der Waals surface area contributed by atoms with Gasteiger partial charge in [-0.25, -0.2) is 0 Å². The zero-order valence-corrected chi connectivity index (χ0v) is 12.3. The number of rotatable bonds is 4. The fourth-order valence-corrected chi connectivity index (χ4v) is 2.61. The van der Waals surface area contributed by atoms with Crippen LogP contribution in [0.25, 0.3) is 11.1 Å². The van der Waals surface area contributed by atoms with E-state index in [-0.39, 0.29) is 0 Å². The second-order valence-electron chi connectivity index (χ2n) is 5.04. The number of nitrogens with two attached hydrogens (primary N) is 1. The van der Waals surface area contributed by atoms with E-state index >= 15 is 0 Å². The van der Waals surface area contributed by atoms with Crippen molar-refractivity contribution in [3.8, 4) is 11.1 Å². The highest BCUT2D eigenvalue weighted by Gasteiger charge is 2.13. The van der Waals surface area contributed by atoms with Gasteiger partial charge in [0.1, 0.15) is 0 Å². The molecular formula is C16H23N3. The van der Waals surface area contributed by atoms with E-state index < -0.39 is 0 Å². The molecule has 0 bridgehead atoms. The normalized spacial score (nSPS) is 10.9. The molecule has 2 N–H and O–H groups in total. The lowest BCUT2D eigenvalue weighted by Crippen LogP contribution is -2.01. The molecule has 0 fully saturated rings. The van der Waals surface area contributed by atoms with Crippen molar-refractivity contribution in [1.29, 1.82) is 0 Å². The van der Waals surface area contributed by atoms with E-state index in [4.69, 9.17) is 5.73 Å². The molecule has 1 heterocycles. The molecule has 1 aromatic heterocycles. The van der Waals surface area contributed by atoms with Gasteiger partial charge in [-0.05, 0) is 49.9 Å². The maximum atomic E-state index is 5.99. The Kier molecular flexibility index (Phi) is 3.93. The summed E-state index contributed by atoms with van der Waals surface area (Å²) in [5.74, 6) is 0. The maximum Gasteiger partial charge on any atom is 0.0674 e. The summed E-state index contributed by atoms with van der Waals surface area (Å²) < 4.78 is 2.10. The molecule has 102 valence electrons. The van der Waals surface area contributed by atoms with Crippen LogP contribution in [-0.2, 0) is 13.0 Å². The molecule has 0 amide bonds. The molecule has 0 saturated carbocycles. The highest BCUT2D eigenvalue weighted by atomic mass is 15.3. The first-order valence-electron chi connectivity index (χ1n) is 7.01. The number of hydrogen-bond acceptors (Lipinski definition) is 2. The van der Waals surface area contributed by atoms with Crippen molar-refractivity contribution in [2.45, 2.75) is 47.1 Å². The Bertz CT molecular complexity index is 582. The maximum absolute atomic E-state index is 5.99. The molecule has 2 rings (SSSR count). The van der Waals surface area contributed by atoms with Crippen molar-refractivity contribution in [3.63, 3.8) is 0 Å². The summed E-state index contributed by atoms with van der Waals surface area (Å²) in [5.41, 5.74) is 12.9. The highest BCUT2D eigenvalue weighted by molar-refractivity contribution is 5.71. The number of nitrogens with zero attached hydrogens (tertiary/aromatic N) is 2. The minimum absolute atomic E-state index is 0.877. The van der Waals surface area contributed by atoms with Gasteiger partial charge in [0.15, 0.2) is 0 Å². The average Bonchev–Trinajstić information content (AvgIpc) is 2.66. The van der Waals surface area contributed by atoms with Gasteiger partial charge in [0, 0.05) is 23.5 Å². The van der Waals surface area contributed by atoms with Crippen LogP contribution in [0.2, 0.25) is 0 Å². The van der Waals surface area contributed by atoms with Crippen LogP contribution in [0.5, 0.6) is 0 Å². The van der Waals surface area contributed by atoms with Crippen LogP contribution in [0, 0.1) is 13.8 Å². The van der Waals surface area contributed by atoms with Crippen LogP contribution < -0.4 is 5.73 Å². The van der Waals surface area contributed by atoms with Crippen LogP contribution in [-0.4, -0.2) is 9.78 Å². The molecule has 0 saturated heterocycles. The van der Waals surface area contributed by atoms with E-state index in [1.165, 1.54) is 22.4 Å². The van der Waals surface area contributed by atoms with E-state index in [0.717, 1.165) is 30.8 Å². The number of aromatic nitrogens is 2. The second-order valence-corrected chi connectivity index (χ2v) is 5.04. The second kappa shape index (κ2) is 5.47. The average molecular weight is 257 g/mol. The van der Waals surface area contributed by atoms with Gasteiger partial charge in [-0.3, -0.25) is 4.68 Å². The van der Waals surface area contributed by atoms with Crippen LogP contribution in [0.1, 0.15) is 37.2 Å². The van der Waals surface area contributed by atoms with Crippen molar-refractivity contribution >= 4 is 5.69 Å². The number of hydrogen-bond donors (Lipinski definition) is 1. The Labute approximate surface area is 115 Å². The molecule has 3 nitrogen and oxygen atoms in total. The van der Waals surface area contributed by atoms with E-state index in [0.29, 0.717) is 0 Å². The molecular weight excluding hydrogens is 234 g/mol. The smallest absolute Gasteiger partial charge is 0.0674 e. The number of aryl methyl sites for hydroxylation is 3. The number of nitrogen functional groups attached to an aromatic ring is 1. The SMILES string of the molecule is CCCn1nc(C)c(-c2ccc(N)c(CC)c2)c1C. The third kappa shape index (κ3) is 2.50. The summed E-state index contributed by atoms with van der Waals surface area (Å²) in [6.45, 7) is 9.51. The first-order chi connectivity index (χ1) is 9.08. The molecule has 0 aliphatic rings. The first kappa shape index (κ1) is 13.7. The molecule has 0 aliphatic carbocycles. The summed E-state index contributed by atoms with van der Waals surface area (Å²) >= 11 is 0. The van der Waals surface area contributed by atoms with Gasteiger partial charge in [-0.2, -0.15) is 5.10 Å². The van der Waals surface area contributed by atoms with E-state index in [1.54, 1.807) is 0 Å². The Morgan fingerprint density at radius 2 is 1.95 bits per heavy atom. The Morgan fingerprint density at radius 1 is 1.21 bits per heavy atom. The number of benzene rings is 1. The monoisotopic (exact) mass is 257 g/mol. The summed E-state index contributed by atoms with van der Waals surface area (Å²) in [6.07, 6.45) is 2.06. The van der Waals surface area contributed by atoms with Gasteiger partial charge in [0.05, 0.1) is 5.69 Å². The van der Waals surface area contributed by atoms with Crippen molar-refractivity contribution in [3.05, 3.63) is 35.2 Å². The summed E-state index contributed by atoms with van der Waals surface area (Å²) in [4.78, 5) is 0. The third-order valence-corrected chi connectivity index (χ3v) is 3.63. The van der Waals surface area contributed by atoms with Gasteiger partial charge < -0.3 is 5.73 Å². The van der Waals surface area contributed by atoms with Crippen LogP contribution in [0.4, 0.5) is 5.69 Å². The minimum Gasteiger partial charge on any atom is -0.399 e. The quantitative estimate of drug-likeness (QED) is 0.848. The summed E-state index contributed by atoms with van der Waals surface area (Å²) in [5, 5.41) is 4.64. The van der Waals surface area contributed by atoms with Crippen molar-refractivity contribution in [2.24, 2.45) is 0 Å². The van der Waals surface area contributed by atoms with Crippen molar-refractivity contribution in [2.75, 3.05) is 5.73 Å². The van der Waals surface area contributed by atoms with E-state index in [9.17, 15) is 0 Å². The van der Waals surface area contributed by atoms with Gasteiger partial charge in [0.2, 0.25) is 0 Å². The minimum atomic E-state index is 0.877. The molecule has 0 unspecified atom stereocenters. The molecule has 0 aliphatic heterocycles. The Hall–Kier alpha value is -1.77. The van der Waals surface area contributed by atoms with Gasteiger partial charge in [0.25, 0.3) is 0 Å². The fourth-order valence-electron chi connectivity index (χ4n) is 2.61. The van der Waals surface area contributed by atoms with Crippen molar-refractivity contribution < 1.29 is 0 Å². The summed E-state index contributed by atoms with van der Waals surface area (Å²) in [7, 11) is 0. The molecule has 3 heteroatoms. The van der Waals surface area contributed by atoms with E-state index in [1.807, 2.05) is 6.07 Å². The largest absolute Gasteiger partial charge is 0.399 e. The van der Waals surface area contributed by atoms with Crippen LogP contribution in [0.3, 0.4) is 0 Å². The summed E-state index contributed by atoms with van der Waals surface area (Å²) in [6, 6.07) is 6.30. The zero-order valence-electron chi connectivity index (χ0n) is 12.3. The molecule has 2 aromatic rings. The van der Waals surface area contributed by atoms with Gasteiger partial charge in [-0.15, -0.1) is 0 Å². The molecule has 0 atom stereocenters. The van der Waals surface area contributed by atoms with Crippen LogP contribution >= 0.6 is 0 Å². The van der Waals surface area contributed by atoms with E-state index in [2.05, 4.69) is 49.6 Å². The zero-order chi connectivity index (χ0) is 14.0. The third-order valence-electron chi connectivity index (χ3n) is 3.63. The molecule has 19 heavy (non-hydrogen) atoms. The highest BCUT2D eigenvalue weighted by Crippen LogP contribution is 2.29. The van der Waals surface area contributed by atoms with Gasteiger partial charge in [-0.1, -0.05) is 19.9 Å². The molecule has 0 radical (unpaired) electrons. The molecule has 0 spiro atoms. The Morgan fingerprint density at radius 3 is 2.58 bits per heavy atom. The lowest BCUT2D eigenvalue weighted by molar-refractivity contribution is 0.583. The fraction of sp³-hybridized carbons (Fsp3) is 0.438. The van der Waals surface area contributed by atoms with Crippen LogP contribution in [0.15, 0.2) is 18.2 Å². The lowest BCUT2D eigenvalue weighted by atomic mass is 9.99. The predicted molar refractivity (Wildman–Crippen MR) is 81.2 cm³/mol. The lowest BCUT2D eigenvalue weighted by Gasteiger charge is -2.08. The Balaban J connectivity index is 2.52. The molecule has 1 aromatic carbocycles. The standard InChI is InChI=1S/C16H23N3/c1-5-9-19-12(4)16(11(3)18-19)14-7-8-15(17)13(6-2)10-14/h7-8,10H,5-6,9,17H2,1-4H3. The van der Waals surface area contributed by atoms with Gasteiger partial charge >= 0.3 is 0 Å². The first-order valence-corrected chi connectivity index (χ1v) is 7.01.